The van der Waals surface area contributed by atoms with Crippen LogP contribution >= 0.6 is 0 Å². The molecular weight excluding hydrogens is 204 g/mol. The molecule has 1 aromatic heterocycles. The smallest absolute Gasteiger partial charge is 0.188 e. The van der Waals surface area contributed by atoms with E-state index in [-0.39, 0.29) is 0 Å². The second kappa shape index (κ2) is 4.96. The summed E-state index contributed by atoms with van der Waals surface area (Å²) in [5, 5.41) is 11.0. The summed E-state index contributed by atoms with van der Waals surface area (Å²) >= 11 is 0. The Morgan fingerprint density at radius 3 is 3.19 bits per heavy atom. The van der Waals surface area contributed by atoms with Crippen LogP contribution in [0.15, 0.2) is 11.3 Å². The van der Waals surface area contributed by atoms with E-state index < -0.39 is 0 Å². The number of aliphatic imine (C=N–C) groups is 1. The fourth-order valence-electron chi connectivity index (χ4n) is 1.50. The van der Waals surface area contributed by atoms with Gasteiger partial charge >= 0.3 is 0 Å². The molecule has 0 saturated heterocycles. The van der Waals surface area contributed by atoms with Crippen molar-refractivity contribution in [1.82, 2.24) is 20.1 Å². The van der Waals surface area contributed by atoms with Gasteiger partial charge in [0.15, 0.2) is 5.96 Å². The van der Waals surface area contributed by atoms with Gasteiger partial charge in [-0.3, -0.25) is 4.99 Å². The lowest BCUT2D eigenvalue weighted by Gasteiger charge is -2.04. The van der Waals surface area contributed by atoms with Gasteiger partial charge in [0.25, 0.3) is 0 Å². The van der Waals surface area contributed by atoms with Crippen LogP contribution < -0.4 is 11.1 Å². The van der Waals surface area contributed by atoms with Crippen LogP contribution in [-0.4, -0.2) is 33.3 Å². The van der Waals surface area contributed by atoms with Crippen molar-refractivity contribution in [3.05, 3.63) is 12.2 Å². The Morgan fingerprint density at radius 1 is 1.69 bits per heavy atom. The third kappa shape index (κ3) is 2.95. The molecule has 1 heterocycles. The zero-order valence-corrected chi connectivity index (χ0v) is 9.56. The van der Waals surface area contributed by atoms with E-state index in [1.807, 2.05) is 4.57 Å². The van der Waals surface area contributed by atoms with Gasteiger partial charge in [-0.05, 0) is 12.8 Å². The summed E-state index contributed by atoms with van der Waals surface area (Å²) in [6, 6.07) is 0.560. The number of nitrogens with two attached hydrogens (primary N) is 1. The first-order valence-electron chi connectivity index (χ1n) is 5.72. The number of aromatic nitrogens is 3. The van der Waals surface area contributed by atoms with Crippen LogP contribution in [0.3, 0.4) is 0 Å². The van der Waals surface area contributed by atoms with Crippen LogP contribution in [0.5, 0.6) is 0 Å². The van der Waals surface area contributed by atoms with Crippen LogP contribution in [0.1, 0.15) is 25.6 Å². The van der Waals surface area contributed by atoms with E-state index in [2.05, 4.69) is 27.4 Å². The molecule has 1 fully saturated rings. The van der Waals surface area contributed by atoms with E-state index in [1.54, 1.807) is 6.33 Å². The lowest BCUT2D eigenvalue weighted by Crippen LogP contribution is -2.33. The average Bonchev–Trinajstić information content (AvgIpc) is 2.96. The van der Waals surface area contributed by atoms with Crippen LogP contribution in [0.25, 0.3) is 0 Å². The molecule has 6 nitrogen and oxygen atoms in total. The van der Waals surface area contributed by atoms with Crippen molar-refractivity contribution in [3.63, 3.8) is 0 Å². The Bertz CT molecular complexity index is 365. The first-order valence-corrected chi connectivity index (χ1v) is 5.72. The van der Waals surface area contributed by atoms with Gasteiger partial charge in [-0.15, -0.1) is 10.2 Å². The second-order valence-corrected chi connectivity index (χ2v) is 3.98. The molecule has 16 heavy (non-hydrogen) atoms. The third-order valence-electron chi connectivity index (χ3n) is 2.56. The Morgan fingerprint density at radius 2 is 2.50 bits per heavy atom. The average molecular weight is 222 g/mol. The maximum Gasteiger partial charge on any atom is 0.188 e. The zero-order chi connectivity index (χ0) is 11.4. The molecule has 0 atom stereocenters. The summed E-state index contributed by atoms with van der Waals surface area (Å²) in [6.07, 6.45) is 5.04. The number of aryl methyl sites for hydroxylation is 1. The minimum Gasteiger partial charge on any atom is -0.370 e. The van der Waals surface area contributed by atoms with Gasteiger partial charge in [0.05, 0.1) is 6.54 Å². The standard InChI is InChI=1S/C10H18N6/c1-2-9-15-13-7-16(9)6-5-12-10(11)14-8-3-4-8/h7-8H,2-6H2,1H3,(H3,11,12,14). The van der Waals surface area contributed by atoms with Gasteiger partial charge in [0, 0.05) is 19.0 Å². The molecule has 0 radical (unpaired) electrons. The molecule has 1 saturated carbocycles. The Labute approximate surface area is 95.0 Å². The minimum atomic E-state index is 0.550. The predicted octanol–water partition coefficient (Wildman–Crippen LogP) is -0.0928. The van der Waals surface area contributed by atoms with Crippen molar-refractivity contribution in [2.24, 2.45) is 10.7 Å². The number of nitrogens with one attached hydrogen (secondary N) is 1. The van der Waals surface area contributed by atoms with Gasteiger partial charge in [-0.25, -0.2) is 0 Å². The Kier molecular flexibility index (Phi) is 3.38. The molecule has 0 amide bonds. The van der Waals surface area contributed by atoms with E-state index in [1.165, 1.54) is 12.8 Å². The molecule has 3 N–H and O–H groups in total. The number of rotatable bonds is 5. The van der Waals surface area contributed by atoms with Crippen molar-refractivity contribution in [1.29, 1.82) is 0 Å². The highest BCUT2D eigenvalue weighted by molar-refractivity contribution is 5.78. The maximum atomic E-state index is 5.72. The van der Waals surface area contributed by atoms with Crippen molar-refractivity contribution in [2.75, 3.05) is 6.54 Å². The topological polar surface area (TPSA) is 81.1 Å². The molecular formula is C10H18N6. The molecule has 1 aromatic rings. The maximum absolute atomic E-state index is 5.72. The predicted molar refractivity (Wildman–Crippen MR) is 62.0 cm³/mol. The molecule has 6 heteroatoms. The molecule has 0 unspecified atom stereocenters. The molecule has 0 spiro atoms. The molecule has 2 rings (SSSR count). The van der Waals surface area contributed by atoms with Crippen LogP contribution in [-0.2, 0) is 13.0 Å². The molecule has 1 aliphatic carbocycles. The van der Waals surface area contributed by atoms with Crippen LogP contribution in [0.4, 0.5) is 0 Å². The summed E-state index contributed by atoms with van der Waals surface area (Å²) in [7, 11) is 0. The lowest BCUT2D eigenvalue weighted by molar-refractivity contribution is 0.664. The number of nitrogens with zero attached hydrogens (tertiary/aromatic N) is 4. The van der Waals surface area contributed by atoms with Crippen LogP contribution in [0.2, 0.25) is 0 Å². The van der Waals surface area contributed by atoms with Crippen molar-refractivity contribution in [3.8, 4) is 0 Å². The Hall–Kier alpha value is -1.59. The largest absolute Gasteiger partial charge is 0.370 e. The summed E-state index contributed by atoms with van der Waals surface area (Å²) < 4.78 is 2.01. The quantitative estimate of drug-likeness (QED) is 0.539. The summed E-state index contributed by atoms with van der Waals surface area (Å²) in [6.45, 7) is 3.51. The first kappa shape index (κ1) is 10.9. The van der Waals surface area contributed by atoms with E-state index in [0.29, 0.717) is 18.5 Å². The SMILES string of the molecule is CCc1nncn1CCN=C(N)NC1CC1. The third-order valence-corrected chi connectivity index (χ3v) is 2.56. The molecule has 0 bridgehead atoms. The van der Waals surface area contributed by atoms with E-state index in [9.17, 15) is 0 Å². The highest BCUT2D eigenvalue weighted by Gasteiger charge is 2.21. The van der Waals surface area contributed by atoms with Crippen molar-refractivity contribution in [2.45, 2.75) is 38.8 Å². The minimum absolute atomic E-state index is 0.550. The van der Waals surface area contributed by atoms with E-state index in [0.717, 1.165) is 18.8 Å². The molecule has 88 valence electrons. The summed E-state index contributed by atoms with van der Waals surface area (Å²) in [5.74, 6) is 1.54. The fourth-order valence-corrected chi connectivity index (χ4v) is 1.50. The van der Waals surface area contributed by atoms with Crippen molar-refractivity contribution < 1.29 is 0 Å². The molecule has 0 aliphatic heterocycles. The fraction of sp³-hybridized carbons (Fsp3) is 0.700. The van der Waals surface area contributed by atoms with Gasteiger partial charge in [-0.2, -0.15) is 0 Å². The number of hydrogen-bond acceptors (Lipinski definition) is 3. The molecule has 0 aromatic carbocycles. The van der Waals surface area contributed by atoms with E-state index >= 15 is 0 Å². The Balaban J connectivity index is 1.77. The van der Waals surface area contributed by atoms with Crippen molar-refractivity contribution >= 4 is 5.96 Å². The highest BCUT2D eigenvalue weighted by atomic mass is 15.3. The van der Waals surface area contributed by atoms with Gasteiger partial charge in [-0.1, -0.05) is 6.92 Å². The molecule has 1 aliphatic rings. The number of hydrogen-bond donors (Lipinski definition) is 2. The summed E-state index contributed by atoms with van der Waals surface area (Å²) in [4.78, 5) is 4.26. The first-order chi connectivity index (χ1) is 7.79. The van der Waals surface area contributed by atoms with Gasteiger partial charge in [0.1, 0.15) is 12.2 Å². The second-order valence-electron chi connectivity index (χ2n) is 3.98. The monoisotopic (exact) mass is 222 g/mol. The lowest BCUT2D eigenvalue weighted by atomic mass is 10.4. The summed E-state index contributed by atoms with van der Waals surface area (Å²) in [5.41, 5.74) is 5.72. The van der Waals surface area contributed by atoms with Gasteiger partial charge in [0.2, 0.25) is 0 Å². The van der Waals surface area contributed by atoms with E-state index in [4.69, 9.17) is 5.73 Å². The number of guanidine groups is 1. The normalized spacial score (nSPS) is 16.4. The van der Waals surface area contributed by atoms with Gasteiger partial charge < -0.3 is 15.6 Å². The zero-order valence-electron chi connectivity index (χ0n) is 9.56. The van der Waals surface area contributed by atoms with Crippen LogP contribution in [0, 0.1) is 0 Å². The highest BCUT2D eigenvalue weighted by Crippen LogP contribution is 2.17.